The van der Waals surface area contributed by atoms with Gasteiger partial charge >= 0.3 is 12.3 Å². The van der Waals surface area contributed by atoms with Crippen LogP contribution in [0.3, 0.4) is 0 Å². The molecule has 0 heterocycles. The first kappa shape index (κ1) is 21.5. The number of rotatable bonds is 3. The van der Waals surface area contributed by atoms with E-state index in [1.54, 1.807) is 26.8 Å². The summed E-state index contributed by atoms with van der Waals surface area (Å²) in [5.41, 5.74) is -0.491. The van der Waals surface area contributed by atoms with Gasteiger partial charge in [-0.25, -0.2) is 4.79 Å². The van der Waals surface area contributed by atoms with Crippen LogP contribution in [0.2, 0.25) is 0 Å². The van der Waals surface area contributed by atoms with Gasteiger partial charge in [0.1, 0.15) is 5.60 Å². The van der Waals surface area contributed by atoms with Crippen molar-refractivity contribution in [2.75, 3.05) is 14.1 Å². The van der Waals surface area contributed by atoms with Crippen LogP contribution in [0.15, 0.2) is 24.3 Å². The number of nitrogens with zero attached hydrogens (tertiary/aromatic N) is 1. The van der Waals surface area contributed by atoms with E-state index in [0.29, 0.717) is 24.8 Å². The minimum absolute atomic E-state index is 0.0193. The van der Waals surface area contributed by atoms with E-state index in [4.69, 9.17) is 4.74 Å². The maximum atomic E-state index is 13.0. The third-order valence-electron chi connectivity index (χ3n) is 4.87. The third kappa shape index (κ3) is 6.13. The van der Waals surface area contributed by atoms with Gasteiger partial charge < -0.3 is 15.0 Å². The lowest BCUT2D eigenvalue weighted by molar-refractivity contribution is -0.137. The van der Waals surface area contributed by atoms with Crippen LogP contribution >= 0.6 is 0 Å². The van der Waals surface area contributed by atoms with Crippen molar-refractivity contribution in [2.45, 2.75) is 69.8 Å². The molecule has 0 aliphatic heterocycles. The summed E-state index contributed by atoms with van der Waals surface area (Å²) in [6.07, 6.45) is -2.73. The Morgan fingerprint density at radius 1 is 1.19 bits per heavy atom. The van der Waals surface area contributed by atoms with Crippen LogP contribution in [0.1, 0.15) is 57.1 Å². The van der Waals surface area contributed by atoms with Crippen LogP contribution in [0, 0.1) is 0 Å². The molecule has 0 spiro atoms. The second-order valence-electron chi connectivity index (χ2n) is 8.42. The number of nitrogens with one attached hydrogen (secondary N) is 1. The predicted molar refractivity (Wildman–Crippen MR) is 98.7 cm³/mol. The van der Waals surface area contributed by atoms with Crippen molar-refractivity contribution in [3.05, 3.63) is 35.4 Å². The largest absolute Gasteiger partial charge is 0.444 e. The second kappa shape index (κ2) is 8.09. The molecule has 1 aliphatic carbocycles. The molecule has 2 rings (SSSR count). The zero-order valence-electron chi connectivity index (χ0n) is 16.6. The molecule has 0 radical (unpaired) electrons. The van der Waals surface area contributed by atoms with Crippen LogP contribution in [0.25, 0.3) is 0 Å². The lowest BCUT2D eigenvalue weighted by Crippen LogP contribution is -2.53. The highest BCUT2D eigenvalue weighted by Gasteiger charge is 2.36. The Balaban J connectivity index is 2.11. The molecule has 1 fully saturated rings. The van der Waals surface area contributed by atoms with Gasteiger partial charge in [-0.1, -0.05) is 18.2 Å². The van der Waals surface area contributed by atoms with Crippen molar-refractivity contribution in [2.24, 2.45) is 0 Å². The molecule has 1 aromatic carbocycles. The van der Waals surface area contributed by atoms with E-state index >= 15 is 0 Å². The summed E-state index contributed by atoms with van der Waals surface area (Å²) in [6, 6.07) is 5.49. The molecule has 1 saturated carbocycles. The van der Waals surface area contributed by atoms with Crippen LogP contribution in [-0.4, -0.2) is 42.8 Å². The van der Waals surface area contributed by atoms with Gasteiger partial charge in [-0.3, -0.25) is 0 Å². The highest BCUT2D eigenvalue weighted by Crippen LogP contribution is 2.37. The normalized spacial score (nSPS) is 24.0. The number of benzene rings is 1. The molecule has 1 amide bonds. The fourth-order valence-electron chi connectivity index (χ4n) is 3.62. The molecule has 7 heteroatoms. The summed E-state index contributed by atoms with van der Waals surface area (Å²) in [7, 11) is 3.84. The van der Waals surface area contributed by atoms with Crippen molar-refractivity contribution in [1.82, 2.24) is 10.2 Å². The molecule has 0 saturated heterocycles. The van der Waals surface area contributed by atoms with E-state index in [-0.39, 0.29) is 18.0 Å². The van der Waals surface area contributed by atoms with E-state index in [1.165, 1.54) is 12.1 Å². The lowest BCUT2D eigenvalue weighted by atomic mass is 9.78. The molecule has 0 unspecified atom stereocenters. The summed E-state index contributed by atoms with van der Waals surface area (Å²) in [5, 5.41) is 2.93. The Kier molecular flexibility index (Phi) is 6.45. The van der Waals surface area contributed by atoms with Gasteiger partial charge in [-0.2, -0.15) is 13.2 Å². The Bertz CT molecular complexity index is 653. The fourth-order valence-corrected chi connectivity index (χ4v) is 3.62. The number of likely N-dealkylation sites (N-methyl/N-ethyl adjacent to an activating group) is 1. The number of alkyl carbamates (subject to hydrolysis) is 1. The minimum atomic E-state index is -4.34. The number of ether oxygens (including phenoxy) is 1. The minimum Gasteiger partial charge on any atom is -0.444 e. The maximum absolute atomic E-state index is 13.0. The molecule has 152 valence electrons. The summed E-state index contributed by atoms with van der Waals surface area (Å²) in [6.45, 7) is 5.42. The van der Waals surface area contributed by atoms with Gasteiger partial charge in [0.05, 0.1) is 5.56 Å². The van der Waals surface area contributed by atoms with Gasteiger partial charge in [0.15, 0.2) is 0 Å². The number of halogens is 3. The molecule has 27 heavy (non-hydrogen) atoms. The van der Waals surface area contributed by atoms with Crippen LogP contribution in [0.5, 0.6) is 0 Å². The van der Waals surface area contributed by atoms with Crippen molar-refractivity contribution in [3.8, 4) is 0 Å². The van der Waals surface area contributed by atoms with E-state index in [9.17, 15) is 18.0 Å². The summed E-state index contributed by atoms with van der Waals surface area (Å²) >= 11 is 0. The highest BCUT2D eigenvalue weighted by atomic mass is 19.4. The second-order valence-corrected chi connectivity index (χ2v) is 8.42. The number of carbonyl (C=O) groups is 1. The monoisotopic (exact) mass is 386 g/mol. The van der Waals surface area contributed by atoms with Crippen molar-refractivity contribution in [1.29, 1.82) is 0 Å². The van der Waals surface area contributed by atoms with Crippen molar-refractivity contribution >= 4 is 6.09 Å². The molecule has 0 bridgehead atoms. The number of amides is 1. The summed E-state index contributed by atoms with van der Waals surface area (Å²) < 4.78 is 44.4. The average molecular weight is 386 g/mol. The van der Waals surface area contributed by atoms with E-state index in [2.05, 4.69) is 5.32 Å². The maximum Gasteiger partial charge on any atom is 0.416 e. The molecule has 4 nitrogen and oxygen atoms in total. The zero-order chi connectivity index (χ0) is 20.4. The summed E-state index contributed by atoms with van der Waals surface area (Å²) in [4.78, 5) is 14.1. The SMILES string of the molecule is CN(C)[C@H]1C[C@H](c2cccc(C(F)(F)F)c2)CC[C@@H]1NC(=O)OC(C)(C)C. The Morgan fingerprint density at radius 3 is 2.41 bits per heavy atom. The molecule has 0 aromatic heterocycles. The number of hydrogen-bond donors (Lipinski definition) is 1. The van der Waals surface area contributed by atoms with E-state index in [0.717, 1.165) is 6.07 Å². The topological polar surface area (TPSA) is 41.6 Å². The first-order valence-corrected chi connectivity index (χ1v) is 9.20. The van der Waals surface area contributed by atoms with Gasteiger partial charge in [0.2, 0.25) is 0 Å². The zero-order valence-corrected chi connectivity index (χ0v) is 16.6. The molecule has 1 N–H and O–H groups in total. The third-order valence-corrected chi connectivity index (χ3v) is 4.87. The number of alkyl halides is 3. The molecule has 1 aromatic rings. The highest BCUT2D eigenvalue weighted by molar-refractivity contribution is 5.68. The first-order chi connectivity index (χ1) is 12.4. The van der Waals surface area contributed by atoms with E-state index < -0.39 is 23.4 Å². The molecule has 1 aliphatic rings. The van der Waals surface area contributed by atoms with Gasteiger partial charge in [0, 0.05) is 12.1 Å². The van der Waals surface area contributed by atoms with Crippen LogP contribution in [0.4, 0.5) is 18.0 Å². The molecule has 3 atom stereocenters. The van der Waals surface area contributed by atoms with Gasteiger partial charge in [-0.15, -0.1) is 0 Å². The quantitative estimate of drug-likeness (QED) is 0.812. The average Bonchev–Trinajstić information content (AvgIpc) is 2.52. The van der Waals surface area contributed by atoms with Crippen LogP contribution in [-0.2, 0) is 10.9 Å². The molecular formula is C20H29F3N2O2. The first-order valence-electron chi connectivity index (χ1n) is 9.20. The van der Waals surface area contributed by atoms with E-state index in [1.807, 2.05) is 19.0 Å². The lowest BCUT2D eigenvalue weighted by Gasteiger charge is -2.40. The fraction of sp³-hybridized carbons (Fsp3) is 0.650. The predicted octanol–water partition coefficient (Wildman–Crippen LogP) is 4.80. The number of carbonyl (C=O) groups excluding carboxylic acids is 1. The van der Waals surface area contributed by atoms with Gasteiger partial charge in [-0.05, 0) is 71.7 Å². The standard InChI is InChI=1S/C20H29F3N2O2/c1-19(2,3)27-18(26)24-16-10-9-14(12-17(16)25(4)5)13-7-6-8-15(11-13)20(21,22)23/h6-8,11,14,16-17H,9-10,12H2,1-5H3,(H,24,26)/t14-,16+,17+/m1/s1. The Hall–Kier alpha value is -1.76. The summed E-state index contributed by atoms with van der Waals surface area (Å²) in [5.74, 6) is 0.0244. The number of hydrogen-bond acceptors (Lipinski definition) is 3. The smallest absolute Gasteiger partial charge is 0.416 e. The molecular weight excluding hydrogens is 357 g/mol. The van der Waals surface area contributed by atoms with Gasteiger partial charge in [0.25, 0.3) is 0 Å². The Morgan fingerprint density at radius 2 is 1.85 bits per heavy atom. The Labute approximate surface area is 159 Å². The van der Waals surface area contributed by atoms with Crippen molar-refractivity contribution < 1.29 is 22.7 Å². The van der Waals surface area contributed by atoms with Crippen molar-refractivity contribution in [3.63, 3.8) is 0 Å². The van der Waals surface area contributed by atoms with Crippen LogP contribution < -0.4 is 5.32 Å².